The molecule has 202 valence electrons. The Morgan fingerprint density at radius 1 is 1.15 bits per heavy atom. The number of aryl methyl sites for hydroxylation is 1. The number of aromatic nitrogens is 3. The van der Waals surface area contributed by atoms with Crippen molar-refractivity contribution in [2.45, 2.75) is 56.0 Å². The molecule has 2 aromatic heterocycles. The number of ether oxygens (including phenoxy) is 3. The van der Waals surface area contributed by atoms with Crippen LogP contribution in [0.3, 0.4) is 0 Å². The molecule has 0 radical (unpaired) electrons. The number of ketones is 1. The summed E-state index contributed by atoms with van der Waals surface area (Å²) in [5, 5.41) is 10.4. The van der Waals surface area contributed by atoms with Crippen molar-refractivity contribution in [3.8, 4) is 6.01 Å². The molecule has 11 heteroatoms. The fourth-order valence-corrected chi connectivity index (χ4v) is 6.24. The van der Waals surface area contributed by atoms with Crippen LogP contribution in [0, 0.1) is 5.82 Å². The SMILES string of the molecule is O=C1CC=C(c2cc(F)c3c(c2)CC[C@@H]3Cc2nc3nc(O[C@@H]4CO[C@H]5[C@@H]4OC[C@H]5O)[nH]c3cc2Cl)C=C1F. The average Bonchev–Trinajstić information content (AvgIpc) is 3.67. The van der Waals surface area contributed by atoms with Gasteiger partial charge in [-0.25, -0.2) is 13.8 Å². The van der Waals surface area contributed by atoms with E-state index in [1.54, 1.807) is 12.1 Å². The molecule has 4 aliphatic rings. The summed E-state index contributed by atoms with van der Waals surface area (Å²) in [5.41, 5.74) is 4.19. The molecule has 0 bridgehead atoms. The maximum absolute atomic E-state index is 15.4. The predicted molar refractivity (Wildman–Crippen MR) is 137 cm³/mol. The Morgan fingerprint density at radius 3 is 2.85 bits per heavy atom. The number of nitrogens with zero attached hydrogens (tertiary/aromatic N) is 2. The topological polar surface area (TPSA) is 107 Å². The highest BCUT2D eigenvalue weighted by Crippen LogP contribution is 2.40. The van der Waals surface area contributed by atoms with E-state index in [1.165, 1.54) is 12.1 Å². The third-order valence-corrected chi connectivity index (χ3v) is 8.26. The normalized spacial score (nSPS) is 28.0. The summed E-state index contributed by atoms with van der Waals surface area (Å²) in [7, 11) is 0. The van der Waals surface area contributed by atoms with Crippen LogP contribution in [-0.4, -0.2) is 63.5 Å². The Morgan fingerprint density at radius 2 is 2.00 bits per heavy atom. The van der Waals surface area contributed by atoms with Crippen LogP contribution in [0.4, 0.5) is 8.78 Å². The van der Waals surface area contributed by atoms with Crippen molar-refractivity contribution in [3.05, 3.63) is 69.4 Å². The summed E-state index contributed by atoms with van der Waals surface area (Å²) >= 11 is 6.58. The van der Waals surface area contributed by atoms with Crippen LogP contribution in [0.15, 0.2) is 36.2 Å². The number of carbonyl (C=O) groups excluding carboxylic acids is 1. The number of nitrogens with one attached hydrogen (secondary N) is 1. The minimum Gasteiger partial charge on any atom is -0.456 e. The Bertz CT molecular complexity index is 1570. The van der Waals surface area contributed by atoms with E-state index in [0.717, 1.165) is 12.0 Å². The van der Waals surface area contributed by atoms with Crippen molar-refractivity contribution >= 4 is 34.1 Å². The van der Waals surface area contributed by atoms with Gasteiger partial charge in [-0.3, -0.25) is 4.79 Å². The second kappa shape index (κ2) is 9.48. The number of aromatic amines is 1. The number of benzene rings is 1. The van der Waals surface area contributed by atoms with E-state index < -0.39 is 29.9 Å². The molecule has 2 fully saturated rings. The third-order valence-electron chi connectivity index (χ3n) is 7.94. The van der Waals surface area contributed by atoms with Crippen LogP contribution in [-0.2, 0) is 27.1 Å². The van der Waals surface area contributed by atoms with E-state index in [9.17, 15) is 14.3 Å². The number of fused-ring (bicyclic) bond motifs is 3. The first kappa shape index (κ1) is 24.8. The number of aliphatic hydroxyl groups excluding tert-OH is 1. The highest BCUT2D eigenvalue weighted by Gasteiger charge is 2.48. The maximum Gasteiger partial charge on any atom is 0.296 e. The molecule has 0 spiro atoms. The number of Topliss-reactive ketones (excluding diaryl/α,β-unsaturated/α-hetero) is 1. The average molecular weight is 556 g/mol. The maximum atomic E-state index is 15.4. The molecule has 1 aromatic carbocycles. The van der Waals surface area contributed by atoms with Gasteiger partial charge in [-0.05, 0) is 65.7 Å². The lowest BCUT2D eigenvalue weighted by atomic mass is 9.91. The van der Waals surface area contributed by atoms with E-state index in [-0.39, 0.29) is 43.5 Å². The van der Waals surface area contributed by atoms with Crippen molar-refractivity contribution in [2.24, 2.45) is 0 Å². The summed E-state index contributed by atoms with van der Waals surface area (Å²) in [6.45, 7) is 0.481. The first-order valence-electron chi connectivity index (χ1n) is 12.9. The fourth-order valence-electron chi connectivity index (χ4n) is 6.01. The summed E-state index contributed by atoms with van der Waals surface area (Å²) < 4.78 is 46.4. The summed E-state index contributed by atoms with van der Waals surface area (Å²) in [6, 6.07) is 5.26. The number of pyridine rings is 1. The van der Waals surface area contributed by atoms with Crippen LogP contribution in [0.2, 0.25) is 5.02 Å². The van der Waals surface area contributed by atoms with E-state index in [4.69, 9.17) is 25.8 Å². The molecule has 0 unspecified atom stereocenters. The molecule has 3 aromatic rings. The smallest absolute Gasteiger partial charge is 0.296 e. The van der Waals surface area contributed by atoms with Crippen LogP contribution in [0.25, 0.3) is 16.7 Å². The third kappa shape index (κ3) is 4.35. The minimum absolute atomic E-state index is 0.0297. The van der Waals surface area contributed by atoms with E-state index >= 15 is 4.39 Å². The zero-order chi connectivity index (χ0) is 26.8. The molecular weight excluding hydrogens is 532 g/mol. The largest absolute Gasteiger partial charge is 0.456 e. The van der Waals surface area contributed by atoms with E-state index in [2.05, 4.69) is 15.0 Å². The number of hydrogen-bond donors (Lipinski definition) is 2. The molecule has 2 aliphatic carbocycles. The number of H-pyrrole nitrogens is 1. The Hall–Kier alpha value is -3.18. The zero-order valence-corrected chi connectivity index (χ0v) is 21.4. The van der Waals surface area contributed by atoms with E-state index in [1.807, 2.05) is 6.07 Å². The molecule has 5 atom stereocenters. The molecule has 39 heavy (non-hydrogen) atoms. The monoisotopic (exact) mass is 555 g/mol. The highest BCUT2D eigenvalue weighted by molar-refractivity contribution is 6.31. The predicted octanol–water partition coefficient (Wildman–Crippen LogP) is 4.14. The second-order valence-corrected chi connectivity index (χ2v) is 10.8. The van der Waals surface area contributed by atoms with Gasteiger partial charge in [0.2, 0.25) is 0 Å². The number of aliphatic hydroxyl groups is 1. The van der Waals surface area contributed by atoms with Gasteiger partial charge < -0.3 is 24.3 Å². The number of allylic oxidation sites excluding steroid dienone is 4. The number of carbonyl (C=O) groups is 1. The van der Waals surface area contributed by atoms with Gasteiger partial charge in [0, 0.05) is 6.42 Å². The van der Waals surface area contributed by atoms with Crippen LogP contribution in [0.5, 0.6) is 6.01 Å². The molecule has 2 N–H and O–H groups in total. The molecule has 0 amide bonds. The Balaban J connectivity index is 1.11. The van der Waals surface area contributed by atoms with Gasteiger partial charge in [0.1, 0.15) is 24.1 Å². The number of rotatable bonds is 5. The van der Waals surface area contributed by atoms with Crippen molar-refractivity contribution in [3.63, 3.8) is 0 Å². The lowest BCUT2D eigenvalue weighted by molar-refractivity contribution is -0.116. The lowest BCUT2D eigenvalue weighted by Crippen LogP contribution is -2.34. The van der Waals surface area contributed by atoms with Crippen molar-refractivity contribution in [2.75, 3.05) is 13.2 Å². The van der Waals surface area contributed by atoms with Gasteiger partial charge in [-0.2, -0.15) is 4.98 Å². The molecule has 4 heterocycles. The molecule has 0 saturated carbocycles. The zero-order valence-electron chi connectivity index (χ0n) is 20.6. The first-order valence-corrected chi connectivity index (χ1v) is 13.3. The second-order valence-electron chi connectivity index (χ2n) is 10.4. The Labute approximate surface area is 226 Å². The van der Waals surface area contributed by atoms with Crippen LogP contribution in [0.1, 0.15) is 41.1 Å². The summed E-state index contributed by atoms with van der Waals surface area (Å²) in [5.74, 6) is -1.86. The van der Waals surface area contributed by atoms with Crippen molar-refractivity contribution in [1.82, 2.24) is 15.0 Å². The van der Waals surface area contributed by atoms with Gasteiger partial charge in [-0.1, -0.05) is 23.7 Å². The fraction of sp³-hybridized carbons (Fsp3) is 0.393. The molecular formula is C28H24ClF2N3O5. The molecule has 2 aliphatic heterocycles. The summed E-state index contributed by atoms with van der Waals surface area (Å²) in [6.07, 6.45) is 2.72. The van der Waals surface area contributed by atoms with Crippen LogP contribution < -0.4 is 4.74 Å². The molecule has 8 nitrogen and oxygen atoms in total. The van der Waals surface area contributed by atoms with Crippen LogP contribution >= 0.6 is 11.6 Å². The molecule has 7 rings (SSSR count). The minimum atomic E-state index is -0.805. The van der Waals surface area contributed by atoms with Gasteiger partial charge >= 0.3 is 0 Å². The van der Waals surface area contributed by atoms with Gasteiger partial charge in [0.05, 0.1) is 29.4 Å². The highest BCUT2D eigenvalue weighted by atomic mass is 35.5. The van der Waals surface area contributed by atoms with Crippen molar-refractivity contribution < 1.29 is 32.9 Å². The van der Waals surface area contributed by atoms with Gasteiger partial charge in [0.15, 0.2) is 23.4 Å². The van der Waals surface area contributed by atoms with Gasteiger partial charge in [-0.15, -0.1) is 0 Å². The van der Waals surface area contributed by atoms with E-state index in [0.29, 0.717) is 51.4 Å². The summed E-state index contributed by atoms with van der Waals surface area (Å²) in [4.78, 5) is 23.7. The Kier molecular flexibility index (Phi) is 6.04. The lowest BCUT2D eigenvalue weighted by Gasteiger charge is -2.15. The quantitative estimate of drug-likeness (QED) is 0.487. The number of imidazole rings is 1. The standard InChI is InChI=1S/C28H24ClF2N3O5/c29-16-9-20-27(34-28(33-20)39-23-11-38-25-22(36)10-37-26(23)25)32-19(16)8-14-2-1-13-5-15(7-18(31)24(13)14)12-3-4-21(35)17(30)6-12/h3,5-7,9,14,22-23,25-26,36H,1-2,4,8,10-11H2,(H,32,33,34)/t14-,22-,23-,25-,26-/m1/s1. The van der Waals surface area contributed by atoms with Gasteiger partial charge in [0.25, 0.3) is 6.01 Å². The number of hydrogen-bond acceptors (Lipinski definition) is 7. The van der Waals surface area contributed by atoms with Crippen molar-refractivity contribution in [1.29, 1.82) is 0 Å². The number of halogens is 3. The molecule has 2 saturated heterocycles. The first-order chi connectivity index (χ1) is 18.8.